The third kappa shape index (κ3) is 2.43. The molecule has 4 nitrogen and oxygen atoms in total. The van der Waals surface area contributed by atoms with Crippen LogP contribution >= 0.6 is 22.9 Å². The lowest BCUT2D eigenvalue weighted by Gasteiger charge is -2.28. The van der Waals surface area contributed by atoms with Crippen LogP contribution in [0, 0.1) is 0 Å². The van der Waals surface area contributed by atoms with Crippen LogP contribution in [-0.4, -0.2) is 15.9 Å². The van der Waals surface area contributed by atoms with Gasteiger partial charge in [0.15, 0.2) is 0 Å². The Hall–Kier alpha value is -1.46. The number of rotatable bonds is 3. The number of carbonyl (C=O) groups excluding carboxylic acids is 1. The van der Waals surface area contributed by atoms with Gasteiger partial charge in [-0.15, -0.1) is 11.3 Å². The summed E-state index contributed by atoms with van der Waals surface area (Å²) >= 11 is 7.62. The fourth-order valence-corrected chi connectivity index (χ4v) is 3.72. The smallest absolute Gasteiger partial charge is 0.272 e. The average Bonchev–Trinajstić information content (AvgIpc) is 3.10. The first kappa shape index (κ1) is 13.5. The molecule has 3 rings (SSSR count). The van der Waals surface area contributed by atoms with Crippen molar-refractivity contribution in [2.45, 2.75) is 31.2 Å². The zero-order chi connectivity index (χ0) is 14.0. The van der Waals surface area contributed by atoms with Crippen molar-refractivity contribution in [2.75, 3.05) is 0 Å². The van der Waals surface area contributed by atoms with Crippen LogP contribution in [0.3, 0.4) is 0 Å². The molecule has 104 valence electrons. The molecule has 2 aromatic heterocycles. The maximum atomic E-state index is 12.4. The van der Waals surface area contributed by atoms with E-state index in [1.165, 1.54) is 0 Å². The zero-order valence-corrected chi connectivity index (χ0v) is 12.4. The van der Waals surface area contributed by atoms with E-state index in [1.807, 2.05) is 5.38 Å². The minimum atomic E-state index is -0.355. The number of thiazole rings is 1. The predicted molar refractivity (Wildman–Crippen MR) is 79.0 cm³/mol. The minimum Gasteiger partial charge on any atom is -0.339 e. The van der Waals surface area contributed by atoms with Gasteiger partial charge in [0.1, 0.15) is 10.7 Å². The second-order valence-electron chi connectivity index (χ2n) is 4.91. The number of aromatic nitrogens is 2. The lowest BCUT2D eigenvalue weighted by atomic mass is 9.98. The Morgan fingerprint density at radius 3 is 2.75 bits per heavy atom. The molecule has 1 aliphatic carbocycles. The van der Waals surface area contributed by atoms with Gasteiger partial charge in [0.25, 0.3) is 5.91 Å². The molecule has 1 amide bonds. The van der Waals surface area contributed by atoms with Crippen LogP contribution in [-0.2, 0) is 5.54 Å². The van der Waals surface area contributed by atoms with Gasteiger partial charge in [0, 0.05) is 17.8 Å². The van der Waals surface area contributed by atoms with Crippen molar-refractivity contribution in [3.05, 3.63) is 45.6 Å². The van der Waals surface area contributed by atoms with Gasteiger partial charge in [-0.25, -0.2) is 9.97 Å². The number of nitrogens with one attached hydrogen (secondary N) is 1. The average molecular weight is 308 g/mol. The van der Waals surface area contributed by atoms with Gasteiger partial charge in [0.05, 0.1) is 10.6 Å². The highest BCUT2D eigenvalue weighted by Crippen LogP contribution is 2.39. The van der Waals surface area contributed by atoms with Gasteiger partial charge in [0.2, 0.25) is 0 Å². The highest BCUT2D eigenvalue weighted by atomic mass is 35.5. The molecule has 0 aromatic carbocycles. The number of nitrogens with zero attached hydrogens (tertiary/aromatic N) is 2. The number of pyridine rings is 1. The van der Waals surface area contributed by atoms with Gasteiger partial charge in [-0.2, -0.15) is 0 Å². The maximum Gasteiger partial charge on any atom is 0.272 e. The second-order valence-corrected chi connectivity index (χ2v) is 6.22. The predicted octanol–water partition coefficient (Wildman–Crippen LogP) is 3.39. The third-order valence-corrected chi connectivity index (χ3v) is 4.91. The van der Waals surface area contributed by atoms with Crippen molar-refractivity contribution in [1.29, 1.82) is 0 Å². The topological polar surface area (TPSA) is 54.9 Å². The second kappa shape index (κ2) is 5.50. The van der Waals surface area contributed by atoms with Gasteiger partial charge in [-0.1, -0.05) is 24.4 Å². The summed E-state index contributed by atoms with van der Waals surface area (Å²) in [5.74, 6) is -0.229. The Morgan fingerprint density at radius 1 is 1.30 bits per heavy atom. The number of hydrogen-bond acceptors (Lipinski definition) is 4. The molecule has 0 radical (unpaired) electrons. The van der Waals surface area contributed by atoms with Crippen LogP contribution in [0.25, 0.3) is 0 Å². The Bertz CT molecular complexity index is 609. The molecule has 0 spiro atoms. The van der Waals surface area contributed by atoms with E-state index < -0.39 is 0 Å². The zero-order valence-electron chi connectivity index (χ0n) is 10.8. The van der Waals surface area contributed by atoms with E-state index in [4.69, 9.17) is 11.6 Å². The molecule has 0 atom stereocenters. The standard InChI is InChI=1S/C14H14ClN3OS/c15-10-4-3-7-16-11(10)12(19)18-14(5-1-2-6-14)13-17-8-9-20-13/h3-4,7-9H,1-2,5-6H2,(H,18,19). The van der Waals surface area contributed by atoms with E-state index >= 15 is 0 Å². The molecule has 2 heterocycles. The highest BCUT2D eigenvalue weighted by molar-refractivity contribution is 7.09. The van der Waals surface area contributed by atoms with Crippen LogP contribution in [0.15, 0.2) is 29.9 Å². The summed E-state index contributed by atoms with van der Waals surface area (Å²) in [6.07, 6.45) is 7.37. The molecule has 20 heavy (non-hydrogen) atoms. The van der Waals surface area contributed by atoms with Crippen molar-refractivity contribution in [3.63, 3.8) is 0 Å². The van der Waals surface area contributed by atoms with Crippen LogP contribution in [0.5, 0.6) is 0 Å². The maximum absolute atomic E-state index is 12.4. The molecule has 0 bridgehead atoms. The Kier molecular flexibility index (Phi) is 3.72. The summed E-state index contributed by atoms with van der Waals surface area (Å²) in [4.78, 5) is 20.9. The van der Waals surface area contributed by atoms with Crippen molar-refractivity contribution >= 4 is 28.8 Å². The highest BCUT2D eigenvalue weighted by Gasteiger charge is 2.39. The fraction of sp³-hybridized carbons (Fsp3) is 0.357. The lowest BCUT2D eigenvalue weighted by Crippen LogP contribution is -2.44. The normalized spacial score (nSPS) is 17.1. The SMILES string of the molecule is O=C(NC1(c2nccs2)CCCC1)c1ncccc1Cl. The molecule has 0 unspecified atom stereocenters. The lowest BCUT2D eigenvalue weighted by molar-refractivity contribution is 0.0893. The molecule has 6 heteroatoms. The molecule has 0 aliphatic heterocycles. The molecule has 1 N–H and O–H groups in total. The van der Waals surface area contributed by atoms with Gasteiger partial charge >= 0.3 is 0 Å². The summed E-state index contributed by atoms with van der Waals surface area (Å²) in [7, 11) is 0. The summed E-state index contributed by atoms with van der Waals surface area (Å²) < 4.78 is 0. The van der Waals surface area contributed by atoms with E-state index in [2.05, 4.69) is 15.3 Å². The summed E-state index contributed by atoms with van der Waals surface area (Å²) in [5.41, 5.74) is -0.0801. The first-order valence-electron chi connectivity index (χ1n) is 6.54. The Morgan fingerprint density at radius 2 is 2.10 bits per heavy atom. The van der Waals surface area contributed by atoms with Crippen LogP contribution in [0.4, 0.5) is 0 Å². The van der Waals surface area contributed by atoms with E-state index in [1.54, 1.807) is 35.9 Å². The number of halogens is 1. The van der Waals surface area contributed by atoms with E-state index in [-0.39, 0.29) is 17.1 Å². The summed E-state index contributed by atoms with van der Waals surface area (Å²) in [6, 6.07) is 3.39. The Labute approximate surface area is 126 Å². The van der Waals surface area contributed by atoms with Crippen molar-refractivity contribution in [2.24, 2.45) is 0 Å². The Balaban J connectivity index is 1.88. The van der Waals surface area contributed by atoms with E-state index in [0.717, 1.165) is 30.7 Å². The van der Waals surface area contributed by atoms with E-state index in [0.29, 0.717) is 5.02 Å². The molecular weight excluding hydrogens is 294 g/mol. The molecule has 1 saturated carbocycles. The summed E-state index contributed by atoms with van der Waals surface area (Å²) in [6.45, 7) is 0. The molecular formula is C14H14ClN3OS. The van der Waals surface area contributed by atoms with E-state index in [9.17, 15) is 4.79 Å². The number of carbonyl (C=O) groups is 1. The largest absolute Gasteiger partial charge is 0.339 e. The first-order valence-corrected chi connectivity index (χ1v) is 7.80. The van der Waals surface area contributed by atoms with Crippen LogP contribution < -0.4 is 5.32 Å². The van der Waals surface area contributed by atoms with Gasteiger partial charge in [-0.3, -0.25) is 4.79 Å². The monoisotopic (exact) mass is 307 g/mol. The fourth-order valence-electron chi connectivity index (χ4n) is 2.66. The van der Waals surface area contributed by atoms with Crippen LogP contribution in [0.1, 0.15) is 41.2 Å². The van der Waals surface area contributed by atoms with Crippen molar-refractivity contribution in [1.82, 2.24) is 15.3 Å². The number of amides is 1. The molecule has 1 fully saturated rings. The molecule has 1 aliphatic rings. The van der Waals surface area contributed by atoms with Crippen molar-refractivity contribution < 1.29 is 4.79 Å². The van der Waals surface area contributed by atoms with Crippen LogP contribution in [0.2, 0.25) is 5.02 Å². The van der Waals surface area contributed by atoms with Crippen molar-refractivity contribution in [3.8, 4) is 0 Å². The summed E-state index contributed by atoms with van der Waals surface area (Å²) in [5, 5.41) is 6.39. The third-order valence-electron chi connectivity index (χ3n) is 3.63. The van der Waals surface area contributed by atoms with Gasteiger partial charge < -0.3 is 5.32 Å². The molecule has 2 aromatic rings. The quantitative estimate of drug-likeness (QED) is 0.945. The minimum absolute atomic E-state index is 0.229. The first-order chi connectivity index (χ1) is 9.71. The molecule has 0 saturated heterocycles. The number of hydrogen-bond donors (Lipinski definition) is 1. The van der Waals surface area contributed by atoms with Gasteiger partial charge in [-0.05, 0) is 25.0 Å².